The van der Waals surface area contributed by atoms with Gasteiger partial charge in [-0.05, 0) is 23.6 Å². The molecule has 2 aromatic rings. The van der Waals surface area contributed by atoms with Gasteiger partial charge in [0.2, 0.25) is 11.8 Å². The molecule has 0 radical (unpaired) electrons. The number of nitrogens with zero attached hydrogens (tertiary/aromatic N) is 4. The highest BCUT2D eigenvalue weighted by Crippen LogP contribution is 2.26. The topological polar surface area (TPSA) is 61.1 Å². The zero-order chi connectivity index (χ0) is 19.3. The number of rotatable bonds is 7. The van der Waals surface area contributed by atoms with Crippen molar-refractivity contribution < 1.29 is 14.2 Å². The molecular formula is C21H28N4O3. The zero-order valence-corrected chi connectivity index (χ0v) is 16.6. The average Bonchev–Trinajstić information content (AvgIpc) is 3.38. The third-order valence-electron chi connectivity index (χ3n) is 5.10. The lowest BCUT2D eigenvalue weighted by Gasteiger charge is -2.26. The third kappa shape index (κ3) is 4.20. The fraction of sp³-hybridized carbons (Fsp3) is 0.524. The Labute approximate surface area is 165 Å². The molecule has 2 aliphatic heterocycles. The van der Waals surface area contributed by atoms with Crippen LogP contribution in [-0.4, -0.2) is 73.2 Å². The predicted octanol–water partition coefficient (Wildman–Crippen LogP) is 2.48. The van der Waals surface area contributed by atoms with Crippen molar-refractivity contribution in [3.63, 3.8) is 0 Å². The van der Waals surface area contributed by atoms with Crippen LogP contribution in [0.4, 0.5) is 0 Å². The first-order valence-electron chi connectivity index (χ1n) is 10.0. The molecule has 0 atom stereocenters. The average molecular weight is 384 g/mol. The van der Waals surface area contributed by atoms with Crippen LogP contribution in [0, 0.1) is 0 Å². The van der Waals surface area contributed by atoms with E-state index in [1.807, 2.05) is 4.68 Å². The van der Waals surface area contributed by atoms with Crippen molar-refractivity contribution in [1.29, 1.82) is 0 Å². The molecule has 0 bridgehead atoms. The Morgan fingerprint density at radius 2 is 1.89 bits per heavy atom. The van der Waals surface area contributed by atoms with E-state index in [9.17, 15) is 0 Å². The highest BCUT2D eigenvalue weighted by molar-refractivity contribution is 5.97. The summed E-state index contributed by atoms with van der Waals surface area (Å²) in [6.45, 7) is 10.6. The number of aliphatic imine (C=N–C) groups is 1. The maximum absolute atomic E-state index is 6.21. The van der Waals surface area contributed by atoms with E-state index in [2.05, 4.69) is 53.1 Å². The van der Waals surface area contributed by atoms with Crippen molar-refractivity contribution in [3.8, 4) is 11.6 Å². The van der Waals surface area contributed by atoms with Crippen LogP contribution < -0.4 is 4.74 Å². The van der Waals surface area contributed by atoms with Crippen molar-refractivity contribution in [2.24, 2.45) is 4.99 Å². The fourth-order valence-electron chi connectivity index (χ4n) is 3.40. The number of benzene rings is 1. The van der Waals surface area contributed by atoms with Crippen LogP contribution >= 0.6 is 0 Å². The number of hydrogen-bond acceptors (Lipinski definition) is 6. The molecule has 0 amide bonds. The smallest absolute Gasteiger partial charge is 0.229 e. The second-order valence-corrected chi connectivity index (χ2v) is 7.36. The van der Waals surface area contributed by atoms with Gasteiger partial charge in [-0.15, -0.1) is 0 Å². The van der Waals surface area contributed by atoms with Crippen LogP contribution in [0.2, 0.25) is 0 Å². The van der Waals surface area contributed by atoms with E-state index < -0.39 is 0 Å². The molecule has 1 saturated heterocycles. The van der Waals surface area contributed by atoms with Gasteiger partial charge in [-0.2, -0.15) is 5.10 Å². The van der Waals surface area contributed by atoms with E-state index in [4.69, 9.17) is 14.2 Å². The highest BCUT2D eigenvalue weighted by Gasteiger charge is 2.22. The van der Waals surface area contributed by atoms with Crippen LogP contribution in [-0.2, 0) is 9.47 Å². The summed E-state index contributed by atoms with van der Waals surface area (Å²) < 4.78 is 19.1. The van der Waals surface area contributed by atoms with Crippen LogP contribution in [0.25, 0.3) is 5.69 Å². The molecule has 7 heteroatoms. The molecule has 0 N–H and O–H groups in total. The van der Waals surface area contributed by atoms with Crippen molar-refractivity contribution in [1.82, 2.24) is 14.7 Å². The summed E-state index contributed by atoms with van der Waals surface area (Å²) in [5.41, 5.74) is 3.08. The molecule has 28 heavy (non-hydrogen) atoms. The molecule has 1 fully saturated rings. The maximum Gasteiger partial charge on any atom is 0.229 e. The van der Waals surface area contributed by atoms with Crippen molar-refractivity contribution in [2.45, 2.75) is 19.8 Å². The van der Waals surface area contributed by atoms with Gasteiger partial charge in [0.15, 0.2) is 0 Å². The lowest BCUT2D eigenvalue weighted by atomic mass is 10.0. The SMILES string of the molecule is CC(C)c1ccc(-n2ncc(C3=NCCO3)c2OCCN2CCOCC2)cc1. The molecule has 3 heterocycles. The fourth-order valence-corrected chi connectivity index (χ4v) is 3.40. The monoisotopic (exact) mass is 384 g/mol. The summed E-state index contributed by atoms with van der Waals surface area (Å²) in [6, 6.07) is 8.45. The van der Waals surface area contributed by atoms with Gasteiger partial charge in [-0.3, -0.25) is 4.90 Å². The summed E-state index contributed by atoms with van der Waals surface area (Å²) in [6.07, 6.45) is 1.78. The third-order valence-corrected chi connectivity index (χ3v) is 5.10. The second kappa shape index (κ2) is 8.75. The summed E-state index contributed by atoms with van der Waals surface area (Å²) >= 11 is 0. The van der Waals surface area contributed by atoms with Crippen molar-refractivity contribution >= 4 is 5.90 Å². The summed E-state index contributed by atoms with van der Waals surface area (Å²) in [7, 11) is 0. The Bertz CT molecular complexity index is 808. The number of morpholine rings is 1. The molecule has 0 aliphatic carbocycles. The molecule has 1 aromatic heterocycles. The Morgan fingerprint density at radius 1 is 1.11 bits per heavy atom. The van der Waals surface area contributed by atoms with Gasteiger partial charge in [-0.1, -0.05) is 26.0 Å². The first-order valence-corrected chi connectivity index (χ1v) is 10.0. The standard InChI is InChI=1S/C21H28N4O3/c1-16(2)17-3-5-18(6-4-17)25-21(19(15-23-25)20-22-7-11-27-20)28-14-10-24-8-12-26-13-9-24/h3-6,15-16H,7-14H2,1-2H3. The maximum atomic E-state index is 6.21. The molecule has 0 saturated carbocycles. The molecule has 1 aromatic carbocycles. The van der Waals surface area contributed by atoms with Crippen LogP contribution in [0.3, 0.4) is 0 Å². The minimum absolute atomic E-state index is 0.493. The number of ether oxygens (including phenoxy) is 3. The highest BCUT2D eigenvalue weighted by atomic mass is 16.5. The van der Waals surface area contributed by atoms with Crippen LogP contribution in [0.1, 0.15) is 30.9 Å². The molecular weight excluding hydrogens is 356 g/mol. The summed E-state index contributed by atoms with van der Waals surface area (Å²) in [5.74, 6) is 1.80. The van der Waals surface area contributed by atoms with Crippen molar-refractivity contribution in [3.05, 3.63) is 41.6 Å². The van der Waals surface area contributed by atoms with Crippen LogP contribution in [0.15, 0.2) is 35.5 Å². The quantitative estimate of drug-likeness (QED) is 0.734. The lowest BCUT2D eigenvalue weighted by molar-refractivity contribution is 0.0318. The molecule has 7 nitrogen and oxygen atoms in total. The number of aromatic nitrogens is 2. The Hall–Kier alpha value is -2.38. The number of hydrogen-bond donors (Lipinski definition) is 0. The molecule has 150 valence electrons. The van der Waals surface area contributed by atoms with Gasteiger partial charge in [0, 0.05) is 19.6 Å². The zero-order valence-electron chi connectivity index (χ0n) is 16.6. The van der Waals surface area contributed by atoms with Gasteiger partial charge >= 0.3 is 0 Å². The van der Waals surface area contributed by atoms with E-state index in [0.717, 1.165) is 44.1 Å². The molecule has 4 rings (SSSR count). The Kier molecular flexibility index (Phi) is 5.92. The van der Waals surface area contributed by atoms with Gasteiger partial charge in [0.05, 0.1) is 31.6 Å². The first kappa shape index (κ1) is 19.0. The van der Waals surface area contributed by atoms with Gasteiger partial charge in [0.25, 0.3) is 0 Å². The lowest BCUT2D eigenvalue weighted by Crippen LogP contribution is -2.38. The molecule has 2 aliphatic rings. The van der Waals surface area contributed by atoms with E-state index in [-0.39, 0.29) is 0 Å². The minimum Gasteiger partial charge on any atom is -0.476 e. The van der Waals surface area contributed by atoms with E-state index in [0.29, 0.717) is 37.5 Å². The van der Waals surface area contributed by atoms with Gasteiger partial charge < -0.3 is 14.2 Å². The van der Waals surface area contributed by atoms with E-state index in [1.54, 1.807) is 6.20 Å². The van der Waals surface area contributed by atoms with Crippen LogP contribution in [0.5, 0.6) is 5.88 Å². The van der Waals surface area contributed by atoms with Crippen molar-refractivity contribution in [2.75, 3.05) is 52.6 Å². The largest absolute Gasteiger partial charge is 0.476 e. The van der Waals surface area contributed by atoms with E-state index >= 15 is 0 Å². The molecule has 0 spiro atoms. The van der Waals surface area contributed by atoms with E-state index in [1.165, 1.54) is 5.56 Å². The minimum atomic E-state index is 0.493. The van der Waals surface area contributed by atoms with Gasteiger partial charge in [0.1, 0.15) is 18.8 Å². The normalized spacial score (nSPS) is 17.6. The Morgan fingerprint density at radius 3 is 2.57 bits per heavy atom. The summed E-state index contributed by atoms with van der Waals surface area (Å²) in [5, 5.41) is 4.57. The summed E-state index contributed by atoms with van der Waals surface area (Å²) in [4.78, 5) is 6.80. The van der Waals surface area contributed by atoms with Gasteiger partial charge in [-0.25, -0.2) is 9.67 Å². The second-order valence-electron chi connectivity index (χ2n) is 7.36. The first-order chi connectivity index (χ1) is 13.7. The Balaban J connectivity index is 1.55. The predicted molar refractivity (Wildman–Crippen MR) is 108 cm³/mol. The molecule has 0 unspecified atom stereocenters.